The summed E-state index contributed by atoms with van der Waals surface area (Å²) in [6, 6.07) is -0.964. The van der Waals surface area contributed by atoms with Crippen LogP contribution in [0.5, 0.6) is 0 Å². The van der Waals surface area contributed by atoms with Crippen LogP contribution in [-0.2, 0) is 14.9 Å². The van der Waals surface area contributed by atoms with E-state index in [9.17, 15) is 22.9 Å². The van der Waals surface area contributed by atoms with Crippen molar-refractivity contribution in [3.8, 4) is 0 Å². The fourth-order valence-corrected chi connectivity index (χ4v) is 8.16. The summed E-state index contributed by atoms with van der Waals surface area (Å²) in [7, 11) is -4.31. The SMILES string of the molecule is CCCCCCCCCCCCCCCCCCCCCC(=O)NC(CS(=O)(=O)O)C(O)CCCCCCCCCCCCCCCCCCC. The van der Waals surface area contributed by atoms with E-state index < -0.39 is 28.0 Å². The Morgan fingerprint density at radius 2 is 0.706 bits per heavy atom. The quantitative estimate of drug-likeness (QED) is 0.0426. The van der Waals surface area contributed by atoms with Gasteiger partial charge in [0.05, 0.1) is 17.9 Å². The number of aliphatic hydroxyl groups is 1. The van der Waals surface area contributed by atoms with Crippen molar-refractivity contribution in [2.75, 3.05) is 5.75 Å². The maximum absolute atomic E-state index is 12.6. The highest BCUT2D eigenvalue weighted by atomic mass is 32.2. The first-order valence-corrected chi connectivity index (χ1v) is 24.3. The van der Waals surface area contributed by atoms with Crippen LogP contribution in [0.1, 0.15) is 258 Å². The molecule has 0 saturated carbocycles. The summed E-state index contributed by atoms with van der Waals surface area (Å²) in [5.74, 6) is -0.880. The van der Waals surface area contributed by atoms with Crippen molar-refractivity contribution in [3.05, 3.63) is 0 Å². The van der Waals surface area contributed by atoms with Crippen LogP contribution >= 0.6 is 0 Å². The zero-order valence-electron chi connectivity index (χ0n) is 34.3. The van der Waals surface area contributed by atoms with E-state index in [2.05, 4.69) is 19.2 Å². The van der Waals surface area contributed by atoms with Gasteiger partial charge in [-0.05, 0) is 12.8 Å². The molecule has 0 fully saturated rings. The normalized spacial score (nSPS) is 13.1. The summed E-state index contributed by atoms with van der Waals surface area (Å²) in [5.41, 5.74) is 0. The number of amides is 1. The van der Waals surface area contributed by atoms with Crippen LogP contribution < -0.4 is 5.32 Å². The van der Waals surface area contributed by atoms with Gasteiger partial charge in [0.15, 0.2) is 0 Å². The largest absolute Gasteiger partial charge is 0.391 e. The number of nitrogens with one attached hydrogen (secondary N) is 1. The molecule has 2 atom stereocenters. The summed E-state index contributed by atoms with van der Waals surface area (Å²) in [5, 5.41) is 13.4. The minimum atomic E-state index is -4.31. The lowest BCUT2D eigenvalue weighted by Gasteiger charge is -2.23. The Balaban J connectivity index is 3.76. The van der Waals surface area contributed by atoms with Crippen LogP contribution in [0.25, 0.3) is 0 Å². The molecule has 306 valence electrons. The molecular formula is C44H89NO5S. The van der Waals surface area contributed by atoms with Gasteiger partial charge in [-0.15, -0.1) is 0 Å². The first kappa shape index (κ1) is 50.3. The molecule has 0 heterocycles. The smallest absolute Gasteiger partial charge is 0.266 e. The average molecular weight is 744 g/mol. The second-order valence-electron chi connectivity index (χ2n) is 16.0. The van der Waals surface area contributed by atoms with Gasteiger partial charge in [0.1, 0.15) is 0 Å². The molecule has 0 saturated heterocycles. The Kier molecular flexibility index (Phi) is 38.5. The van der Waals surface area contributed by atoms with Crippen LogP contribution in [0, 0.1) is 0 Å². The monoisotopic (exact) mass is 744 g/mol. The molecule has 51 heavy (non-hydrogen) atoms. The lowest BCUT2D eigenvalue weighted by Crippen LogP contribution is -2.47. The molecule has 0 radical (unpaired) electrons. The Bertz CT molecular complexity index is 820. The van der Waals surface area contributed by atoms with Gasteiger partial charge in [0.25, 0.3) is 10.1 Å². The van der Waals surface area contributed by atoms with Crippen molar-refractivity contribution in [3.63, 3.8) is 0 Å². The average Bonchev–Trinajstić information content (AvgIpc) is 3.09. The van der Waals surface area contributed by atoms with Crippen LogP contribution in [0.4, 0.5) is 0 Å². The van der Waals surface area contributed by atoms with Crippen molar-refractivity contribution in [2.45, 2.75) is 270 Å². The predicted molar refractivity (Wildman–Crippen MR) is 221 cm³/mol. The third kappa shape index (κ3) is 40.4. The number of rotatable bonds is 42. The molecule has 0 bridgehead atoms. The highest BCUT2D eigenvalue weighted by Crippen LogP contribution is 2.17. The molecule has 0 aliphatic carbocycles. The summed E-state index contributed by atoms with van der Waals surface area (Å²) in [4.78, 5) is 12.6. The molecule has 0 aliphatic heterocycles. The van der Waals surface area contributed by atoms with Gasteiger partial charge >= 0.3 is 0 Å². The van der Waals surface area contributed by atoms with Gasteiger partial charge in [0.2, 0.25) is 5.91 Å². The van der Waals surface area contributed by atoms with Crippen molar-refractivity contribution in [1.29, 1.82) is 0 Å². The molecule has 1 amide bonds. The van der Waals surface area contributed by atoms with Gasteiger partial charge < -0.3 is 10.4 Å². The van der Waals surface area contributed by atoms with E-state index in [0.29, 0.717) is 12.8 Å². The Morgan fingerprint density at radius 1 is 0.451 bits per heavy atom. The summed E-state index contributed by atoms with van der Waals surface area (Å²) < 4.78 is 32.6. The topological polar surface area (TPSA) is 104 Å². The fraction of sp³-hybridized carbons (Fsp3) is 0.977. The number of hydrogen-bond donors (Lipinski definition) is 3. The van der Waals surface area contributed by atoms with Crippen LogP contribution in [0.2, 0.25) is 0 Å². The van der Waals surface area contributed by atoms with E-state index in [4.69, 9.17) is 0 Å². The molecule has 0 aromatic heterocycles. The van der Waals surface area contributed by atoms with E-state index in [1.54, 1.807) is 0 Å². The van der Waals surface area contributed by atoms with Gasteiger partial charge in [-0.3, -0.25) is 9.35 Å². The molecule has 3 N–H and O–H groups in total. The van der Waals surface area contributed by atoms with Gasteiger partial charge in [-0.2, -0.15) is 8.42 Å². The zero-order valence-corrected chi connectivity index (χ0v) is 35.1. The van der Waals surface area contributed by atoms with Gasteiger partial charge in [-0.1, -0.05) is 239 Å². The molecule has 0 aliphatic rings. The third-order valence-corrected chi connectivity index (χ3v) is 11.6. The lowest BCUT2D eigenvalue weighted by atomic mass is 10.0. The van der Waals surface area contributed by atoms with E-state index >= 15 is 0 Å². The molecule has 0 aromatic carbocycles. The molecule has 6 nitrogen and oxygen atoms in total. The fourth-order valence-electron chi connectivity index (χ4n) is 7.40. The van der Waals surface area contributed by atoms with Crippen LogP contribution in [-0.4, -0.2) is 41.9 Å². The lowest BCUT2D eigenvalue weighted by molar-refractivity contribution is -0.122. The second-order valence-corrected chi connectivity index (χ2v) is 17.5. The number of carbonyl (C=O) groups is 1. The Morgan fingerprint density at radius 3 is 0.980 bits per heavy atom. The minimum Gasteiger partial charge on any atom is -0.391 e. The van der Waals surface area contributed by atoms with E-state index in [1.807, 2.05) is 0 Å². The maximum Gasteiger partial charge on any atom is 0.266 e. The number of hydrogen-bond acceptors (Lipinski definition) is 4. The standard InChI is InChI=1S/C44H89NO5S/c1-3-5-7-9-11-13-15-17-19-21-22-24-26-28-30-32-34-36-38-40-44(47)45-42(41-51(48,49)50)43(46)39-37-35-33-31-29-27-25-23-20-18-16-14-12-10-8-6-4-2/h42-43,46H,3-41H2,1-2H3,(H,45,47)(H,48,49,50). The molecule has 0 aromatic rings. The summed E-state index contributed by atoms with van der Waals surface area (Å²) >= 11 is 0. The number of unbranched alkanes of at least 4 members (excludes halogenated alkanes) is 34. The molecule has 7 heteroatoms. The highest BCUT2D eigenvalue weighted by Gasteiger charge is 2.26. The Labute approximate surface area is 319 Å². The van der Waals surface area contributed by atoms with Crippen molar-refractivity contribution in [2.24, 2.45) is 0 Å². The summed E-state index contributed by atoms with van der Waals surface area (Å²) in [6.45, 7) is 4.55. The van der Waals surface area contributed by atoms with Gasteiger partial charge in [-0.25, -0.2) is 0 Å². The third-order valence-electron chi connectivity index (χ3n) is 10.8. The van der Waals surface area contributed by atoms with Crippen molar-refractivity contribution in [1.82, 2.24) is 5.32 Å². The van der Waals surface area contributed by atoms with E-state index in [0.717, 1.165) is 38.5 Å². The van der Waals surface area contributed by atoms with Crippen molar-refractivity contribution < 1.29 is 22.9 Å². The van der Waals surface area contributed by atoms with Crippen LogP contribution in [0.3, 0.4) is 0 Å². The van der Waals surface area contributed by atoms with Crippen LogP contribution in [0.15, 0.2) is 0 Å². The minimum absolute atomic E-state index is 0.239. The van der Waals surface area contributed by atoms with Crippen molar-refractivity contribution >= 4 is 16.0 Å². The van der Waals surface area contributed by atoms with E-state index in [1.165, 1.54) is 193 Å². The second kappa shape index (κ2) is 39.0. The number of carbonyl (C=O) groups excluding carboxylic acids is 1. The predicted octanol–water partition coefficient (Wildman–Crippen LogP) is 13.6. The zero-order chi connectivity index (χ0) is 37.5. The first-order chi connectivity index (χ1) is 24.8. The molecule has 0 spiro atoms. The highest BCUT2D eigenvalue weighted by molar-refractivity contribution is 7.85. The summed E-state index contributed by atoms with van der Waals surface area (Å²) in [6.07, 6.45) is 46.3. The van der Waals surface area contributed by atoms with Gasteiger partial charge in [0, 0.05) is 6.42 Å². The molecule has 0 rings (SSSR count). The maximum atomic E-state index is 12.6. The molecule has 2 unspecified atom stereocenters. The Hall–Kier alpha value is -0.660. The van der Waals surface area contributed by atoms with E-state index in [-0.39, 0.29) is 5.91 Å². The molecular weight excluding hydrogens is 655 g/mol. The number of aliphatic hydroxyl groups excluding tert-OH is 1. The first-order valence-electron chi connectivity index (χ1n) is 22.7.